The molecule has 4 N–H and O–H groups in total. The van der Waals surface area contributed by atoms with Gasteiger partial charge in [-0.1, -0.05) is 0 Å². The highest BCUT2D eigenvalue weighted by Gasteiger charge is 2.14. The zero-order valence-electron chi connectivity index (χ0n) is 8.71. The van der Waals surface area contributed by atoms with Gasteiger partial charge >= 0.3 is 5.97 Å². The predicted molar refractivity (Wildman–Crippen MR) is 74.5 cm³/mol. The minimum absolute atomic E-state index is 0. The number of amides is 1. The third-order valence-electron chi connectivity index (χ3n) is 1.55. The number of carboxylic acids is 1. The molecule has 0 aliphatic heterocycles. The van der Waals surface area contributed by atoms with Gasteiger partial charge in [-0.15, -0.1) is 36.4 Å². The number of carbonyl (C=O) groups is 2. The maximum atomic E-state index is 11.0. The van der Waals surface area contributed by atoms with Crippen molar-refractivity contribution in [3.8, 4) is 0 Å². The van der Waals surface area contributed by atoms with Gasteiger partial charge in [0, 0.05) is 11.6 Å². The highest BCUT2D eigenvalue weighted by atomic mass is 35.5. The molecule has 0 saturated heterocycles. The lowest BCUT2D eigenvalue weighted by atomic mass is 10.2. The quantitative estimate of drug-likeness (QED) is 0.183. The lowest BCUT2D eigenvalue weighted by Crippen LogP contribution is -2.12. The smallest absolute Gasteiger partial charge is 0.339 e. The van der Waals surface area contributed by atoms with Gasteiger partial charge in [-0.05, 0) is 0 Å². The van der Waals surface area contributed by atoms with Crippen molar-refractivity contribution in [3.63, 3.8) is 0 Å². The molecule has 1 amide bonds. The maximum Gasteiger partial charge on any atom is 0.339 e. The number of nitrogens with zero attached hydrogens (tertiary/aromatic N) is 1. The Kier molecular flexibility index (Phi) is 7.01. The minimum Gasteiger partial charge on any atom is -0.478 e. The van der Waals surface area contributed by atoms with Crippen LogP contribution in [0.15, 0.2) is 11.6 Å². The van der Waals surface area contributed by atoms with E-state index >= 15 is 0 Å². The maximum absolute atomic E-state index is 11.0. The van der Waals surface area contributed by atoms with Crippen LogP contribution in [0.25, 0.3) is 5.57 Å². The molecule has 1 rings (SSSR count). The van der Waals surface area contributed by atoms with Crippen molar-refractivity contribution in [2.24, 2.45) is 0 Å². The number of thiol groups is 1. The van der Waals surface area contributed by atoms with E-state index in [2.05, 4.69) is 28.2 Å². The summed E-state index contributed by atoms with van der Waals surface area (Å²) in [5.74, 6) is -1.20. The first kappa shape index (κ1) is 16.4. The van der Waals surface area contributed by atoms with E-state index in [9.17, 15) is 9.59 Å². The van der Waals surface area contributed by atoms with Crippen molar-refractivity contribution in [3.05, 3.63) is 17.3 Å². The van der Waals surface area contributed by atoms with Crippen LogP contribution in [0.1, 0.15) is 5.69 Å². The molecule has 1 aromatic heterocycles. The number of thiazole rings is 1. The monoisotopic (exact) mass is 308 g/mol. The number of amidine groups is 1. The van der Waals surface area contributed by atoms with Gasteiger partial charge < -0.3 is 15.7 Å². The standard InChI is InChI=1S/C8H8N4O3S2.ClH/c9-7(16)10-1-4(6(14)15)5-2-17-8(12-5)11-3-13;/h1-3H,(H,14,15)(H3,9,10,16)(H,11,12,13);1H/b4-1-;. The molecule has 0 aromatic carbocycles. The number of anilines is 1. The third-order valence-corrected chi connectivity index (χ3v) is 2.45. The number of aromatic nitrogens is 1. The molecule has 0 saturated carbocycles. The normalized spacial score (nSPS) is 10.2. The van der Waals surface area contributed by atoms with Crippen molar-refractivity contribution in [1.29, 1.82) is 5.41 Å². The van der Waals surface area contributed by atoms with Gasteiger partial charge in [-0.2, -0.15) is 0 Å². The van der Waals surface area contributed by atoms with E-state index in [0.717, 1.165) is 17.5 Å². The summed E-state index contributed by atoms with van der Waals surface area (Å²) in [6.07, 6.45) is 1.56. The Bertz CT molecular complexity index is 488. The number of hydrogen-bond donors (Lipinski definition) is 5. The van der Waals surface area contributed by atoms with Gasteiger partial charge in [-0.25, -0.2) is 9.78 Å². The van der Waals surface area contributed by atoms with Crippen LogP contribution in [0.3, 0.4) is 0 Å². The highest BCUT2D eigenvalue weighted by molar-refractivity contribution is 7.96. The van der Waals surface area contributed by atoms with Crippen LogP contribution in [0.4, 0.5) is 5.13 Å². The summed E-state index contributed by atoms with van der Waals surface area (Å²) in [5.41, 5.74) is 0.0629. The van der Waals surface area contributed by atoms with Crippen LogP contribution in [0, 0.1) is 5.41 Å². The fourth-order valence-corrected chi connectivity index (χ4v) is 1.63. The molecule has 0 radical (unpaired) electrons. The summed E-state index contributed by atoms with van der Waals surface area (Å²) < 4.78 is 0. The van der Waals surface area contributed by atoms with E-state index in [0.29, 0.717) is 11.5 Å². The molecular formula is C8H9ClN4O3S2. The van der Waals surface area contributed by atoms with Crippen LogP contribution >= 0.6 is 36.4 Å². The zero-order chi connectivity index (χ0) is 12.8. The minimum atomic E-state index is -1.20. The van der Waals surface area contributed by atoms with Gasteiger partial charge in [0.2, 0.25) is 6.41 Å². The SMILES string of the molecule is Cl.N=C(S)N/C=C(\C(=O)O)c1csc(NC=O)n1. The molecule has 0 spiro atoms. The van der Waals surface area contributed by atoms with Crippen molar-refractivity contribution >= 4 is 64.6 Å². The summed E-state index contributed by atoms with van der Waals surface area (Å²) in [4.78, 5) is 25.0. The first-order chi connectivity index (χ1) is 8.04. The molecule has 98 valence electrons. The van der Waals surface area contributed by atoms with Crippen LogP contribution < -0.4 is 10.6 Å². The molecule has 0 unspecified atom stereocenters. The van der Waals surface area contributed by atoms with Gasteiger partial charge in [0.1, 0.15) is 5.57 Å². The molecule has 0 aliphatic rings. The number of carbonyl (C=O) groups excluding carboxylic acids is 1. The van der Waals surface area contributed by atoms with Crippen LogP contribution in [0.2, 0.25) is 0 Å². The molecule has 0 bridgehead atoms. The van der Waals surface area contributed by atoms with Gasteiger partial charge in [-0.3, -0.25) is 10.2 Å². The predicted octanol–water partition coefficient (Wildman–Crippen LogP) is 1.01. The van der Waals surface area contributed by atoms with Crippen LogP contribution in [-0.2, 0) is 9.59 Å². The largest absolute Gasteiger partial charge is 0.478 e. The average molecular weight is 309 g/mol. The first-order valence-electron chi connectivity index (χ1n) is 4.18. The Morgan fingerprint density at radius 3 is 2.78 bits per heavy atom. The number of rotatable bonds is 5. The topological polar surface area (TPSA) is 115 Å². The van der Waals surface area contributed by atoms with Crippen LogP contribution in [-0.4, -0.2) is 27.6 Å². The van der Waals surface area contributed by atoms with E-state index in [1.54, 1.807) is 0 Å². The summed E-state index contributed by atoms with van der Waals surface area (Å²) in [6, 6.07) is 0. The lowest BCUT2D eigenvalue weighted by Gasteiger charge is -1.99. The number of hydrogen-bond acceptors (Lipinski definition) is 5. The molecule has 0 fully saturated rings. The zero-order valence-corrected chi connectivity index (χ0v) is 11.2. The number of halogens is 1. The molecule has 1 aromatic rings. The van der Waals surface area contributed by atoms with Gasteiger partial charge in [0.15, 0.2) is 10.3 Å². The molecule has 1 heterocycles. The highest BCUT2D eigenvalue weighted by Crippen LogP contribution is 2.20. The molecule has 0 atom stereocenters. The molecule has 10 heteroatoms. The molecule has 0 aliphatic carbocycles. The summed E-state index contributed by atoms with van der Waals surface area (Å²) in [7, 11) is 0. The Hall–Kier alpha value is -1.58. The second kappa shape index (κ2) is 7.69. The number of aliphatic carboxylic acids is 1. The summed E-state index contributed by atoms with van der Waals surface area (Å²) >= 11 is 4.75. The number of nitrogens with one attached hydrogen (secondary N) is 3. The van der Waals surface area contributed by atoms with E-state index in [4.69, 9.17) is 10.5 Å². The van der Waals surface area contributed by atoms with Crippen LogP contribution in [0.5, 0.6) is 0 Å². The van der Waals surface area contributed by atoms with E-state index in [1.807, 2.05) is 0 Å². The average Bonchev–Trinajstić information content (AvgIpc) is 2.66. The Labute approximate surface area is 118 Å². The molecule has 7 nitrogen and oxygen atoms in total. The molecule has 18 heavy (non-hydrogen) atoms. The Balaban J connectivity index is 0.00000289. The second-order valence-electron chi connectivity index (χ2n) is 2.66. The van der Waals surface area contributed by atoms with Crippen molar-refractivity contribution in [2.75, 3.05) is 5.32 Å². The van der Waals surface area contributed by atoms with Gasteiger partial charge in [0.05, 0.1) is 5.69 Å². The Morgan fingerprint density at radius 1 is 1.61 bits per heavy atom. The van der Waals surface area contributed by atoms with Crippen molar-refractivity contribution < 1.29 is 14.7 Å². The third kappa shape index (κ3) is 4.73. The van der Waals surface area contributed by atoms with Gasteiger partial charge in [0.25, 0.3) is 0 Å². The fraction of sp³-hybridized carbons (Fsp3) is 0. The van der Waals surface area contributed by atoms with Crippen molar-refractivity contribution in [2.45, 2.75) is 0 Å². The first-order valence-corrected chi connectivity index (χ1v) is 5.51. The lowest BCUT2D eigenvalue weighted by molar-refractivity contribution is -0.130. The van der Waals surface area contributed by atoms with E-state index in [-0.39, 0.29) is 28.8 Å². The summed E-state index contributed by atoms with van der Waals surface area (Å²) in [5, 5.41) is 22.2. The van der Waals surface area contributed by atoms with Crippen molar-refractivity contribution in [1.82, 2.24) is 10.3 Å². The van der Waals surface area contributed by atoms with E-state index in [1.165, 1.54) is 5.38 Å². The Morgan fingerprint density at radius 2 is 2.28 bits per heavy atom. The van der Waals surface area contributed by atoms with E-state index < -0.39 is 5.97 Å². The summed E-state index contributed by atoms with van der Waals surface area (Å²) in [6.45, 7) is 0. The second-order valence-corrected chi connectivity index (χ2v) is 3.96. The fourth-order valence-electron chi connectivity index (χ4n) is 0.900. The molecular weight excluding hydrogens is 300 g/mol. The number of carboxylic acid groups (broad SMARTS) is 1.